The second-order valence-corrected chi connectivity index (χ2v) is 4.82. The first-order valence-electron chi connectivity index (χ1n) is 6.49. The zero-order valence-corrected chi connectivity index (χ0v) is 11.9. The van der Waals surface area contributed by atoms with E-state index >= 15 is 0 Å². The number of aryl methyl sites for hydroxylation is 1. The Bertz CT molecular complexity index is 683. The first kappa shape index (κ1) is 14.7. The zero-order valence-electron chi connectivity index (χ0n) is 11.9. The lowest BCUT2D eigenvalue weighted by Crippen LogP contribution is -2.26. The van der Waals surface area contributed by atoms with Crippen LogP contribution in [0.2, 0.25) is 0 Å². The average molecular weight is 284 g/mol. The number of benzene rings is 1. The van der Waals surface area contributed by atoms with E-state index < -0.39 is 5.97 Å². The molecule has 0 saturated heterocycles. The number of nitrogens with zero attached hydrogens (tertiary/aromatic N) is 2. The molecule has 0 aliphatic heterocycles. The van der Waals surface area contributed by atoms with Gasteiger partial charge in [-0.3, -0.25) is 9.78 Å². The van der Waals surface area contributed by atoms with Gasteiger partial charge in [0.1, 0.15) is 0 Å². The highest BCUT2D eigenvalue weighted by atomic mass is 16.4. The molecule has 1 N–H and O–H groups in total. The van der Waals surface area contributed by atoms with Gasteiger partial charge >= 0.3 is 5.97 Å². The van der Waals surface area contributed by atoms with Gasteiger partial charge in [0, 0.05) is 18.3 Å². The lowest BCUT2D eigenvalue weighted by Gasteiger charge is -2.17. The van der Waals surface area contributed by atoms with Crippen molar-refractivity contribution < 1.29 is 14.7 Å². The predicted octanol–water partition coefficient (Wildman–Crippen LogP) is 2.36. The number of rotatable bonds is 4. The highest BCUT2D eigenvalue weighted by Gasteiger charge is 2.14. The minimum atomic E-state index is -1.05. The topological polar surface area (TPSA) is 70.5 Å². The van der Waals surface area contributed by atoms with E-state index in [1.54, 1.807) is 19.2 Å². The third-order valence-corrected chi connectivity index (χ3v) is 3.05. The summed E-state index contributed by atoms with van der Waals surface area (Å²) >= 11 is 0. The van der Waals surface area contributed by atoms with Crippen LogP contribution in [0.25, 0.3) is 0 Å². The molecular formula is C16H16N2O3. The molecule has 21 heavy (non-hydrogen) atoms. The zero-order chi connectivity index (χ0) is 15.4. The third kappa shape index (κ3) is 3.66. The van der Waals surface area contributed by atoms with Crippen LogP contribution in [0.1, 0.15) is 32.1 Å². The van der Waals surface area contributed by atoms with E-state index in [2.05, 4.69) is 4.98 Å². The number of hydrogen-bond acceptors (Lipinski definition) is 3. The Labute approximate surface area is 122 Å². The van der Waals surface area contributed by atoms with E-state index in [-0.39, 0.29) is 11.5 Å². The van der Waals surface area contributed by atoms with Crippen LogP contribution in [-0.2, 0) is 6.54 Å². The SMILES string of the molecule is Cc1cccc(CN(C)C(=O)c2cccc(C(=O)O)c2)n1. The summed E-state index contributed by atoms with van der Waals surface area (Å²) in [6.45, 7) is 2.26. The molecule has 2 rings (SSSR count). The first-order valence-corrected chi connectivity index (χ1v) is 6.49. The standard InChI is InChI=1S/C16H16N2O3/c1-11-5-3-8-14(17-11)10-18(2)15(19)12-6-4-7-13(9-12)16(20)21/h3-9H,10H2,1-2H3,(H,20,21). The fraction of sp³-hybridized carbons (Fsp3) is 0.188. The van der Waals surface area contributed by atoms with Gasteiger partial charge in [-0.05, 0) is 37.3 Å². The second-order valence-electron chi connectivity index (χ2n) is 4.82. The number of carbonyl (C=O) groups excluding carboxylic acids is 1. The molecule has 0 aliphatic carbocycles. The van der Waals surface area contributed by atoms with Crippen LogP contribution in [0.4, 0.5) is 0 Å². The van der Waals surface area contributed by atoms with Crippen molar-refractivity contribution in [1.82, 2.24) is 9.88 Å². The average Bonchev–Trinajstić information content (AvgIpc) is 2.46. The number of hydrogen-bond donors (Lipinski definition) is 1. The van der Waals surface area contributed by atoms with Crippen LogP contribution in [0.5, 0.6) is 0 Å². The molecule has 1 amide bonds. The van der Waals surface area contributed by atoms with Crippen molar-refractivity contribution in [1.29, 1.82) is 0 Å². The Morgan fingerprint density at radius 3 is 2.48 bits per heavy atom. The van der Waals surface area contributed by atoms with Crippen LogP contribution in [0, 0.1) is 6.92 Å². The summed E-state index contributed by atoms with van der Waals surface area (Å²) in [5.41, 5.74) is 2.13. The van der Waals surface area contributed by atoms with E-state index in [1.807, 2.05) is 25.1 Å². The van der Waals surface area contributed by atoms with Gasteiger partial charge in [0.15, 0.2) is 0 Å². The van der Waals surface area contributed by atoms with Crippen LogP contribution >= 0.6 is 0 Å². The highest BCUT2D eigenvalue weighted by Crippen LogP contribution is 2.10. The fourth-order valence-electron chi connectivity index (χ4n) is 2.01. The minimum Gasteiger partial charge on any atom is -0.478 e. The maximum atomic E-state index is 12.3. The van der Waals surface area contributed by atoms with Crippen molar-refractivity contribution >= 4 is 11.9 Å². The van der Waals surface area contributed by atoms with Gasteiger partial charge in [0.2, 0.25) is 0 Å². The summed E-state index contributed by atoms with van der Waals surface area (Å²) in [5.74, 6) is -1.28. The fourth-order valence-corrected chi connectivity index (χ4v) is 2.01. The summed E-state index contributed by atoms with van der Waals surface area (Å²) in [6.07, 6.45) is 0. The summed E-state index contributed by atoms with van der Waals surface area (Å²) in [6, 6.07) is 11.6. The lowest BCUT2D eigenvalue weighted by atomic mass is 10.1. The number of carboxylic acid groups (broad SMARTS) is 1. The van der Waals surface area contributed by atoms with Crippen LogP contribution < -0.4 is 0 Å². The molecule has 0 saturated carbocycles. The van der Waals surface area contributed by atoms with E-state index in [9.17, 15) is 9.59 Å². The van der Waals surface area contributed by atoms with Crippen LogP contribution in [0.15, 0.2) is 42.5 Å². The largest absolute Gasteiger partial charge is 0.478 e. The normalized spacial score (nSPS) is 10.2. The van der Waals surface area contributed by atoms with Crippen LogP contribution in [0.3, 0.4) is 0 Å². The molecule has 0 radical (unpaired) electrons. The van der Waals surface area contributed by atoms with E-state index in [0.29, 0.717) is 12.1 Å². The monoisotopic (exact) mass is 284 g/mol. The third-order valence-electron chi connectivity index (χ3n) is 3.05. The van der Waals surface area contributed by atoms with E-state index in [0.717, 1.165) is 11.4 Å². The molecule has 5 nitrogen and oxygen atoms in total. The van der Waals surface area contributed by atoms with Crippen molar-refractivity contribution in [3.63, 3.8) is 0 Å². The molecule has 0 fully saturated rings. The molecule has 108 valence electrons. The first-order chi connectivity index (χ1) is 9.97. The van der Waals surface area contributed by atoms with Crippen molar-refractivity contribution in [2.45, 2.75) is 13.5 Å². The maximum absolute atomic E-state index is 12.3. The quantitative estimate of drug-likeness (QED) is 0.935. The molecule has 0 unspecified atom stereocenters. The van der Waals surface area contributed by atoms with E-state index in [1.165, 1.54) is 17.0 Å². The Balaban J connectivity index is 2.15. The molecule has 1 heterocycles. The Morgan fingerprint density at radius 2 is 1.81 bits per heavy atom. The summed E-state index contributed by atoms with van der Waals surface area (Å²) in [7, 11) is 1.67. The molecule has 0 spiro atoms. The van der Waals surface area contributed by atoms with Gasteiger partial charge in [0.25, 0.3) is 5.91 Å². The van der Waals surface area contributed by atoms with Crippen molar-refractivity contribution in [2.24, 2.45) is 0 Å². The molecule has 2 aromatic rings. The second kappa shape index (κ2) is 6.17. The summed E-state index contributed by atoms with van der Waals surface area (Å²) in [4.78, 5) is 29.1. The van der Waals surface area contributed by atoms with Gasteiger partial charge in [-0.1, -0.05) is 12.1 Å². The van der Waals surface area contributed by atoms with Gasteiger partial charge in [0.05, 0.1) is 17.8 Å². The number of aromatic carboxylic acids is 1. The van der Waals surface area contributed by atoms with Gasteiger partial charge < -0.3 is 10.0 Å². The summed E-state index contributed by atoms with van der Waals surface area (Å²) in [5, 5.41) is 8.96. The molecule has 0 bridgehead atoms. The molecule has 1 aromatic heterocycles. The van der Waals surface area contributed by atoms with E-state index in [4.69, 9.17) is 5.11 Å². The highest BCUT2D eigenvalue weighted by molar-refractivity contribution is 5.97. The Morgan fingerprint density at radius 1 is 1.14 bits per heavy atom. The molecule has 1 aromatic carbocycles. The number of carbonyl (C=O) groups is 2. The minimum absolute atomic E-state index is 0.0999. The Hall–Kier alpha value is -2.69. The van der Waals surface area contributed by atoms with Gasteiger partial charge in [-0.2, -0.15) is 0 Å². The number of aromatic nitrogens is 1. The Kier molecular flexibility index (Phi) is 4.33. The smallest absolute Gasteiger partial charge is 0.335 e. The molecule has 5 heteroatoms. The summed E-state index contributed by atoms with van der Waals surface area (Å²) < 4.78 is 0. The maximum Gasteiger partial charge on any atom is 0.335 e. The van der Waals surface area contributed by atoms with Gasteiger partial charge in [-0.25, -0.2) is 4.79 Å². The molecule has 0 atom stereocenters. The van der Waals surface area contributed by atoms with Gasteiger partial charge in [-0.15, -0.1) is 0 Å². The van der Waals surface area contributed by atoms with Crippen molar-refractivity contribution in [3.05, 3.63) is 65.0 Å². The molecule has 0 aliphatic rings. The lowest BCUT2D eigenvalue weighted by molar-refractivity contribution is 0.0697. The predicted molar refractivity (Wildman–Crippen MR) is 78.2 cm³/mol. The van der Waals surface area contributed by atoms with Crippen molar-refractivity contribution in [2.75, 3.05) is 7.05 Å². The van der Waals surface area contributed by atoms with Crippen LogP contribution in [-0.4, -0.2) is 33.9 Å². The van der Waals surface area contributed by atoms with Crippen molar-refractivity contribution in [3.8, 4) is 0 Å². The molecular weight excluding hydrogens is 268 g/mol. The number of pyridine rings is 1. The number of carboxylic acids is 1. The number of amides is 1.